The molecule has 0 N–H and O–H groups in total. The number of para-hydroxylation sites is 1. The lowest BCUT2D eigenvalue weighted by molar-refractivity contribution is 0.00897. The Morgan fingerprint density at radius 1 is 1.22 bits per heavy atom. The van der Waals surface area contributed by atoms with E-state index < -0.39 is 0 Å². The third-order valence-electron chi connectivity index (χ3n) is 5.62. The number of nitrogens with zero attached hydrogens (tertiary/aromatic N) is 1. The van der Waals surface area contributed by atoms with Crippen LogP contribution in [0.1, 0.15) is 52.5 Å². The summed E-state index contributed by atoms with van der Waals surface area (Å²) in [4.78, 5) is 14.7. The van der Waals surface area contributed by atoms with Crippen LogP contribution in [-0.2, 0) is 11.2 Å². The van der Waals surface area contributed by atoms with E-state index in [1.807, 2.05) is 23.1 Å². The number of carbonyl (C=O) groups is 1. The van der Waals surface area contributed by atoms with Crippen LogP contribution in [0.4, 0.5) is 10.5 Å². The van der Waals surface area contributed by atoms with Gasteiger partial charge in [-0.1, -0.05) is 45.4 Å². The Labute approximate surface area is 140 Å². The van der Waals surface area contributed by atoms with E-state index in [2.05, 4.69) is 33.8 Å². The lowest BCUT2D eigenvalue weighted by Gasteiger charge is -2.37. The maximum absolute atomic E-state index is 12.9. The van der Waals surface area contributed by atoms with Crippen molar-refractivity contribution in [3.8, 4) is 0 Å². The predicted molar refractivity (Wildman–Crippen MR) is 93.7 cm³/mol. The Bertz CT molecular complexity index is 569. The minimum atomic E-state index is -0.160. The van der Waals surface area contributed by atoms with Gasteiger partial charge >= 0.3 is 6.09 Å². The van der Waals surface area contributed by atoms with Crippen LogP contribution in [0.3, 0.4) is 0 Å². The van der Waals surface area contributed by atoms with Crippen LogP contribution in [-0.4, -0.2) is 18.2 Å². The molecule has 4 atom stereocenters. The lowest BCUT2D eigenvalue weighted by Crippen LogP contribution is -2.42. The van der Waals surface area contributed by atoms with Crippen LogP contribution in [0.15, 0.2) is 24.3 Å². The molecule has 3 heteroatoms. The number of fused-ring (bicyclic) bond motifs is 1. The van der Waals surface area contributed by atoms with Gasteiger partial charge in [0.2, 0.25) is 0 Å². The molecule has 0 radical (unpaired) electrons. The van der Waals surface area contributed by atoms with E-state index in [0.29, 0.717) is 17.8 Å². The molecule has 2 aliphatic rings. The summed E-state index contributed by atoms with van der Waals surface area (Å²) in [6.07, 6.45) is 4.24. The van der Waals surface area contributed by atoms with Gasteiger partial charge in [0.25, 0.3) is 0 Å². The normalized spacial score (nSPS) is 30.4. The topological polar surface area (TPSA) is 29.5 Å². The van der Waals surface area contributed by atoms with Crippen LogP contribution < -0.4 is 4.90 Å². The molecule has 0 saturated heterocycles. The number of amides is 1. The highest BCUT2D eigenvalue weighted by atomic mass is 16.6. The van der Waals surface area contributed by atoms with Crippen molar-refractivity contribution in [3.63, 3.8) is 0 Å². The van der Waals surface area contributed by atoms with Gasteiger partial charge in [-0.15, -0.1) is 0 Å². The molecule has 1 saturated carbocycles. The molecule has 1 aliphatic heterocycles. The third-order valence-corrected chi connectivity index (χ3v) is 5.62. The van der Waals surface area contributed by atoms with Gasteiger partial charge in [0.1, 0.15) is 6.10 Å². The van der Waals surface area contributed by atoms with Crippen LogP contribution in [0, 0.1) is 17.8 Å². The van der Waals surface area contributed by atoms with Gasteiger partial charge in [-0.2, -0.15) is 0 Å². The van der Waals surface area contributed by atoms with Crippen molar-refractivity contribution in [2.24, 2.45) is 17.8 Å². The highest BCUT2D eigenvalue weighted by molar-refractivity contribution is 5.91. The first-order valence-corrected chi connectivity index (χ1v) is 9.05. The van der Waals surface area contributed by atoms with Gasteiger partial charge in [0.15, 0.2) is 0 Å². The Kier molecular flexibility index (Phi) is 4.65. The van der Waals surface area contributed by atoms with Crippen molar-refractivity contribution < 1.29 is 9.53 Å². The minimum Gasteiger partial charge on any atom is -0.446 e. The fourth-order valence-corrected chi connectivity index (χ4v) is 4.28. The van der Waals surface area contributed by atoms with Gasteiger partial charge < -0.3 is 4.74 Å². The van der Waals surface area contributed by atoms with Crippen molar-refractivity contribution in [1.82, 2.24) is 0 Å². The zero-order chi connectivity index (χ0) is 16.6. The molecule has 0 aromatic heterocycles. The molecular formula is C20H29NO2. The number of anilines is 1. The van der Waals surface area contributed by atoms with Crippen molar-refractivity contribution in [3.05, 3.63) is 29.8 Å². The van der Waals surface area contributed by atoms with E-state index in [0.717, 1.165) is 18.5 Å². The molecule has 1 fully saturated rings. The molecule has 1 heterocycles. The van der Waals surface area contributed by atoms with Gasteiger partial charge in [-0.3, -0.25) is 4.90 Å². The molecular weight excluding hydrogens is 286 g/mol. The lowest BCUT2D eigenvalue weighted by atomic mass is 9.75. The molecule has 3 rings (SSSR count). The molecule has 1 aromatic carbocycles. The standard InChI is InChI=1S/C20H29NO2/c1-13(2)17-10-9-14(3)11-19(17)23-20(22)21-15(4)12-16-7-5-6-8-18(16)21/h5-8,13-15,17,19H,9-12H2,1-4H3/t14-,15+,17+,19-/m1/s1. The summed E-state index contributed by atoms with van der Waals surface area (Å²) in [7, 11) is 0. The molecule has 23 heavy (non-hydrogen) atoms. The van der Waals surface area contributed by atoms with Gasteiger partial charge in [0.05, 0.1) is 5.69 Å². The fraction of sp³-hybridized carbons (Fsp3) is 0.650. The summed E-state index contributed by atoms with van der Waals surface area (Å²) >= 11 is 0. The number of ether oxygens (including phenoxy) is 1. The molecule has 3 nitrogen and oxygen atoms in total. The summed E-state index contributed by atoms with van der Waals surface area (Å²) in [6.45, 7) is 8.86. The first kappa shape index (κ1) is 16.4. The van der Waals surface area contributed by atoms with Crippen molar-refractivity contribution in [2.45, 2.75) is 65.5 Å². The molecule has 126 valence electrons. The van der Waals surface area contributed by atoms with Gasteiger partial charge in [-0.25, -0.2) is 4.79 Å². The Balaban J connectivity index is 1.75. The fourth-order valence-electron chi connectivity index (χ4n) is 4.28. The molecule has 1 aromatic rings. The van der Waals surface area contributed by atoms with Crippen LogP contribution in [0.2, 0.25) is 0 Å². The second-order valence-corrected chi connectivity index (χ2v) is 7.80. The quantitative estimate of drug-likeness (QED) is 0.765. The first-order chi connectivity index (χ1) is 11.0. The highest BCUT2D eigenvalue weighted by Gasteiger charge is 2.37. The second kappa shape index (κ2) is 6.54. The summed E-state index contributed by atoms with van der Waals surface area (Å²) in [5.41, 5.74) is 2.27. The average Bonchev–Trinajstić information content (AvgIpc) is 2.82. The van der Waals surface area contributed by atoms with Crippen LogP contribution in [0.25, 0.3) is 0 Å². The number of rotatable bonds is 2. The van der Waals surface area contributed by atoms with Gasteiger partial charge in [-0.05, 0) is 55.6 Å². The summed E-state index contributed by atoms with van der Waals surface area (Å²) < 4.78 is 6.03. The Hall–Kier alpha value is -1.51. The maximum atomic E-state index is 12.9. The predicted octanol–water partition coefficient (Wildman–Crippen LogP) is 5.04. The molecule has 1 aliphatic carbocycles. The number of carbonyl (C=O) groups excluding carboxylic acids is 1. The zero-order valence-electron chi connectivity index (χ0n) is 14.8. The van der Waals surface area contributed by atoms with Crippen molar-refractivity contribution in [2.75, 3.05) is 4.90 Å². The number of hydrogen-bond donors (Lipinski definition) is 0. The van der Waals surface area contributed by atoms with E-state index in [1.54, 1.807) is 0 Å². The first-order valence-electron chi connectivity index (χ1n) is 9.05. The van der Waals surface area contributed by atoms with E-state index in [1.165, 1.54) is 18.4 Å². The SMILES string of the molecule is CC(C)[C@@H]1CC[C@@H](C)C[C@H]1OC(=O)N1c2ccccc2C[C@@H]1C. The molecule has 1 amide bonds. The summed E-state index contributed by atoms with van der Waals surface area (Å²) in [5, 5.41) is 0. The Morgan fingerprint density at radius 3 is 2.70 bits per heavy atom. The van der Waals surface area contributed by atoms with Crippen molar-refractivity contribution in [1.29, 1.82) is 0 Å². The number of hydrogen-bond acceptors (Lipinski definition) is 2. The smallest absolute Gasteiger partial charge is 0.414 e. The summed E-state index contributed by atoms with van der Waals surface area (Å²) in [6, 6.07) is 8.36. The average molecular weight is 315 g/mol. The molecule has 0 unspecified atom stereocenters. The maximum Gasteiger partial charge on any atom is 0.414 e. The monoisotopic (exact) mass is 315 g/mol. The largest absolute Gasteiger partial charge is 0.446 e. The highest BCUT2D eigenvalue weighted by Crippen LogP contribution is 2.37. The van der Waals surface area contributed by atoms with Gasteiger partial charge in [0, 0.05) is 6.04 Å². The zero-order valence-corrected chi connectivity index (χ0v) is 14.8. The van der Waals surface area contributed by atoms with Crippen LogP contribution >= 0.6 is 0 Å². The van der Waals surface area contributed by atoms with Crippen LogP contribution in [0.5, 0.6) is 0 Å². The number of benzene rings is 1. The Morgan fingerprint density at radius 2 is 1.96 bits per heavy atom. The minimum absolute atomic E-state index is 0.0613. The van der Waals surface area contributed by atoms with E-state index >= 15 is 0 Å². The molecule has 0 spiro atoms. The summed E-state index contributed by atoms with van der Waals surface area (Å²) in [5.74, 6) is 1.69. The van der Waals surface area contributed by atoms with E-state index in [9.17, 15) is 4.79 Å². The third kappa shape index (κ3) is 3.24. The van der Waals surface area contributed by atoms with E-state index in [-0.39, 0.29) is 18.2 Å². The van der Waals surface area contributed by atoms with E-state index in [4.69, 9.17) is 4.74 Å². The van der Waals surface area contributed by atoms with Crippen molar-refractivity contribution >= 4 is 11.8 Å². The second-order valence-electron chi connectivity index (χ2n) is 7.80. The molecule has 0 bridgehead atoms.